The monoisotopic (exact) mass is 656 g/mol. The van der Waals surface area contributed by atoms with Crippen LogP contribution in [0, 0.1) is 0 Å². The van der Waals surface area contributed by atoms with Crippen LogP contribution in [0.1, 0.15) is 73.6 Å². The van der Waals surface area contributed by atoms with Gasteiger partial charge in [-0.25, -0.2) is 0 Å². The van der Waals surface area contributed by atoms with Crippen molar-refractivity contribution < 1.29 is 33.4 Å². The Labute approximate surface area is 281 Å². The number of hydrogen-bond donors (Lipinski definition) is 2. The van der Waals surface area contributed by atoms with Crippen LogP contribution in [-0.4, -0.2) is 65.9 Å². The zero-order chi connectivity index (χ0) is 34.8. The molecular formula is C37H44N4O7. The van der Waals surface area contributed by atoms with Gasteiger partial charge in [-0.05, 0) is 62.9 Å². The highest BCUT2D eigenvalue weighted by atomic mass is 16.6. The molecule has 11 nitrogen and oxygen atoms in total. The second-order valence-electron chi connectivity index (χ2n) is 12.6. The first-order valence-corrected chi connectivity index (χ1v) is 16.1. The number of nitrogens with zero attached hydrogens (tertiary/aromatic N) is 2. The summed E-state index contributed by atoms with van der Waals surface area (Å²) in [4.78, 5) is 69.0. The van der Waals surface area contributed by atoms with Gasteiger partial charge >= 0.3 is 11.9 Å². The average molecular weight is 657 g/mol. The van der Waals surface area contributed by atoms with Gasteiger partial charge in [0.25, 0.3) is 5.91 Å². The van der Waals surface area contributed by atoms with E-state index < -0.39 is 35.5 Å². The summed E-state index contributed by atoms with van der Waals surface area (Å²) in [5.41, 5.74) is 8.21. The van der Waals surface area contributed by atoms with Crippen molar-refractivity contribution in [1.29, 1.82) is 0 Å². The number of fused-ring (bicyclic) bond motifs is 1. The van der Waals surface area contributed by atoms with Gasteiger partial charge < -0.3 is 30.3 Å². The molecule has 254 valence electrons. The lowest BCUT2D eigenvalue weighted by molar-refractivity contribution is -0.156. The number of hydrogen-bond acceptors (Lipinski definition) is 8. The molecule has 3 aromatic carbocycles. The molecule has 3 amide bonds. The van der Waals surface area contributed by atoms with Crippen molar-refractivity contribution >= 4 is 35.3 Å². The number of aryl methyl sites for hydroxylation is 1. The molecular weight excluding hydrogens is 612 g/mol. The van der Waals surface area contributed by atoms with E-state index in [-0.39, 0.29) is 62.9 Å². The summed E-state index contributed by atoms with van der Waals surface area (Å²) in [5.74, 6) is -2.13. The summed E-state index contributed by atoms with van der Waals surface area (Å²) in [6.45, 7) is 7.01. The molecule has 0 radical (unpaired) electrons. The molecule has 1 aliphatic rings. The van der Waals surface area contributed by atoms with E-state index in [1.165, 1.54) is 4.90 Å². The fourth-order valence-electron chi connectivity index (χ4n) is 5.42. The normalized spacial score (nSPS) is 14.4. The fraction of sp³-hybridized carbons (Fsp3) is 0.378. The fourth-order valence-corrected chi connectivity index (χ4v) is 5.42. The molecule has 1 aliphatic heterocycles. The average Bonchev–Trinajstić information content (AvgIpc) is 3.15. The van der Waals surface area contributed by atoms with Crippen LogP contribution in [0.5, 0.6) is 0 Å². The van der Waals surface area contributed by atoms with Crippen LogP contribution in [0.15, 0.2) is 78.9 Å². The van der Waals surface area contributed by atoms with Crippen molar-refractivity contribution in [1.82, 2.24) is 10.2 Å². The number of nitrogens with two attached hydrogens (primary N) is 1. The van der Waals surface area contributed by atoms with E-state index in [1.54, 1.807) is 50.8 Å². The molecule has 0 aliphatic carbocycles. The molecule has 0 saturated carbocycles. The molecule has 4 rings (SSSR count). The van der Waals surface area contributed by atoms with Crippen LogP contribution in [0.25, 0.3) is 0 Å². The van der Waals surface area contributed by atoms with E-state index in [9.17, 15) is 24.0 Å². The largest absolute Gasteiger partial charge is 0.466 e. The molecule has 0 bridgehead atoms. The van der Waals surface area contributed by atoms with Gasteiger partial charge in [0.15, 0.2) is 0 Å². The lowest BCUT2D eigenvalue weighted by Crippen LogP contribution is -2.45. The number of anilines is 1. The molecule has 0 saturated heterocycles. The Morgan fingerprint density at radius 1 is 0.938 bits per heavy atom. The number of rotatable bonds is 13. The maximum atomic E-state index is 14.4. The van der Waals surface area contributed by atoms with Crippen LogP contribution in [0.4, 0.5) is 5.69 Å². The number of carbonyl (C=O) groups is 5. The van der Waals surface area contributed by atoms with E-state index in [0.29, 0.717) is 16.8 Å². The minimum Gasteiger partial charge on any atom is -0.466 e. The Bertz CT molecular complexity index is 1600. The Balaban J connectivity index is 1.61. The maximum absolute atomic E-state index is 14.4. The van der Waals surface area contributed by atoms with Gasteiger partial charge in [-0.15, -0.1) is 0 Å². The Morgan fingerprint density at radius 3 is 2.25 bits per heavy atom. The van der Waals surface area contributed by atoms with Gasteiger partial charge in [-0.2, -0.15) is 0 Å². The number of carbonyl (C=O) groups excluding carboxylic acids is 5. The lowest BCUT2D eigenvalue weighted by atomic mass is 9.99. The van der Waals surface area contributed by atoms with E-state index in [2.05, 4.69) is 5.32 Å². The summed E-state index contributed by atoms with van der Waals surface area (Å²) in [6.07, 6.45) is 0.224. The zero-order valence-electron chi connectivity index (χ0n) is 27.9. The maximum Gasteiger partial charge on any atom is 0.325 e. The molecule has 2 unspecified atom stereocenters. The first-order chi connectivity index (χ1) is 22.9. The van der Waals surface area contributed by atoms with Gasteiger partial charge in [0.05, 0.1) is 36.9 Å². The quantitative estimate of drug-likeness (QED) is 0.262. The summed E-state index contributed by atoms with van der Waals surface area (Å²) in [5, 5.41) is 2.67. The van der Waals surface area contributed by atoms with Crippen LogP contribution in [0.3, 0.4) is 0 Å². The summed E-state index contributed by atoms with van der Waals surface area (Å²) in [7, 11) is 0. The van der Waals surface area contributed by atoms with E-state index in [4.69, 9.17) is 15.2 Å². The molecule has 48 heavy (non-hydrogen) atoms. The molecule has 3 aromatic rings. The third-order valence-electron chi connectivity index (χ3n) is 7.73. The second kappa shape index (κ2) is 16.2. The Hall–Kier alpha value is -5.03. The van der Waals surface area contributed by atoms with E-state index >= 15 is 0 Å². The smallest absolute Gasteiger partial charge is 0.325 e. The van der Waals surface area contributed by atoms with Crippen molar-refractivity contribution in [2.75, 3.05) is 24.6 Å². The van der Waals surface area contributed by atoms with Crippen LogP contribution >= 0.6 is 0 Å². The van der Waals surface area contributed by atoms with Crippen LogP contribution in [0.2, 0.25) is 0 Å². The van der Waals surface area contributed by atoms with Gasteiger partial charge in [-0.3, -0.25) is 24.0 Å². The van der Waals surface area contributed by atoms with Crippen molar-refractivity contribution in [2.45, 2.75) is 71.2 Å². The SMILES string of the molecule is CCOC(=O)CC(c1ccccc1)N1CC(=O)N(Cc2ccccc2)c2ccc(CCC(=O)NCC(N)C(=O)OC(C)(C)C)cc2C1=O. The highest BCUT2D eigenvalue weighted by Crippen LogP contribution is 2.34. The van der Waals surface area contributed by atoms with E-state index in [1.807, 2.05) is 60.7 Å². The standard InChI is InChI=1S/C37H44N4O7/c1-5-47-34(44)21-31(27-14-10-7-11-15-27)41-24-33(43)40(23-26-12-8-6-9-13-26)30-18-16-25(20-28(30)35(41)45)17-19-32(42)39-22-29(38)36(46)48-37(2,3)4/h6-16,18,20,29,31H,5,17,19,21-24,38H2,1-4H3,(H,39,42). The van der Waals surface area contributed by atoms with Crippen molar-refractivity contribution in [3.8, 4) is 0 Å². The van der Waals surface area contributed by atoms with Gasteiger partial charge in [0.2, 0.25) is 11.8 Å². The third-order valence-corrected chi connectivity index (χ3v) is 7.73. The number of ether oxygens (including phenoxy) is 2. The van der Waals surface area contributed by atoms with E-state index in [0.717, 1.165) is 5.56 Å². The topological polar surface area (TPSA) is 148 Å². The number of amides is 3. The molecule has 0 spiro atoms. The number of benzene rings is 3. The number of nitrogens with one attached hydrogen (secondary N) is 1. The summed E-state index contributed by atoms with van der Waals surface area (Å²) < 4.78 is 10.5. The second-order valence-corrected chi connectivity index (χ2v) is 12.6. The highest BCUT2D eigenvalue weighted by Gasteiger charge is 2.37. The highest BCUT2D eigenvalue weighted by molar-refractivity contribution is 6.10. The Kier molecular flexibility index (Phi) is 12.1. The van der Waals surface area contributed by atoms with Crippen LogP contribution in [-0.2, 0) is 41.6 Å². The van der Waals surface area contributed by atoms with Crippen molar-refractivity contribution in [2.24, 2.45) is 5.73 Å². The van der Waals surface area contributed by atoms with Crippen LogP contribution < -0.4 is 16.0 Å². The first-order valence-electron chi connectivity index (χ1n) is 16.1. The minimum absolute atomic E-state index is 0.0693. The van der Waals surface area contributed by atoms with Gasteiger partial charge in [0, 0.05) is 13.0 Å². The lowest BCUT2D eigenvalue weighted by Gasteiger charge is -2.30. The molecule has 2 atom stereocenters. The molecule has 0 fully saturated rings. The third kappa shape index (κ3) is 9.74. The van der Waals surface area contributed by atoms with Crippen molar-refractivity contribution in [3.63, 3.8) is 0 Å². The van der Waals surface area contributed by atoms with Crippen molar-refractivity contribution in [3.05, 3.63) is 101 Å². The zero-order valence-corrected chi connectivity index (χ0v) is 27.9. The Morgan fingerprint density at radius 2 is 1.60 bits per heavy atom. The molecule has 3 N–H and O–H groups in total. The minimum atomic E-state index is -1.01. The number of esters is 2. The molecule has 11 heteroatoms. The van der Waals surface area contributed by atoms with Gasteiger partial charge in [-0.1, -0.05) is 66.7 Å². The summed E-state index contributed by atoms with van der Waals surface area (Å²) in [6, 6.07) is 22.0. The van der Waals surface area contributed by atoms with Gasteiger partial charge in [0.1, 0.15) is 18.2 Å². The first kappa shape index (κ1) is 35.8. The predicted octanol–water partition coefficient (Wildman–Crippen LogP) is 4.09. The molecule has 1 heterocycles. The summed E-state index contributed by atoms with van der Waals surface area (Å²) >= 11 is 0. The predicted molar refractivity (Wildman–Crippen MR) is 181 cm³/mol. The molecule has 0 aromatic heterocycles.